The zero-order valence-corrected chi connectivity index (χ0v) is 16.7. The molecule has 0 spiro atoms. The Morgan fingerprint density at radius 3 is 2.70 bits per heavy atom. The van der Waals surface area contributed by atoms with Crippen molar-refractivity contribution in [3.05, 3.63) is 83.6 Å². The summed E-state index contributed by atoms with van der Waals surface area (Å²) in [7, 11) is 0. The second-order valence-corrected chi connectivity index (χ2v) is 7.59. The second-order valence-electron chi connectivity index (χ2n) is 7.59. The monoisotopic (exact) mass is 401 g/mol. The van der Waals surface area contributed by atoms with Crippen molar-refractivity contribution < 1.29 is 14.3 Å². The molecule has 2 aromatic carbocycles. The predicted octanol–water partition coefficient (Wildman–Crippen LogP) is 2.90. The van der Waals surface area contributed by atoms with E-state index in [0.29, 0.717) is 24.4 Å². The first-order valence-electron chi connectivity index (χ1n) is 9.86. The number of carbonyl (C=O) groups excluding carboxylic acids is 2. The standard InChI is InChI=1S/C24H23N3O3/c1-24(23(29)27-12-10-16-6-3-2-4-7-16)15-20-19(11-13-26-22(20)30-24)17-8-5-9-18(14-17)21(25)28/h2-9,11,13-14H,10,12,15H2,1H3,(H2,25,28)(H,27,29). The van der Waals surface area contributed by atoms with Gasteiger partial charge in [0.05, 0.1) is 0 Å². The van der Waals surface area contributed by atoms with Gasteiger partial charge in [0.25, 0.3) is 5.91 Å². The van der Waals surface area contributed by atoms with Gasteiger partial charge in [-0.25, -0.2) is 4.98 Å². The molecule has 1 atom stereocenters. The number of amides is 2. The molecule has 6 nitrogen and oxygen atoms in total. The highest BCUT2D eigenvalue weighted by atomic mass is 16.5. The van der Waals surface area contributed by atoms with Crippen LogP contribution in [-0.4, -0.2) is 28.9 Å². The number of nitrogens with one attached hydrogen (secondary N) is 1. The van der Waals surface area contributed by atoms with Crippen molar-refractivity contribution in [1.29, 1.82) is 0 Å². The first-order chi connectivity index (χ1) is 14.5. The van der Waals surface area contributed by atoms with E-state index in [4.69, 9.17) is 10.5 Å². The lowest BCUT2D eigenvalue weighted by atomic mass is 9.92. The number of nitrogens with zero attached hydrogens (tertiary/aromatic N) is 1. The second kappa shape index (κ2) is 7.99. The first-order valence-corrected chi connectivity index (χ1v) is 9.86. The first kappa shape index (κ1) is 19.6. The number of aromatic nitrogens is 1. The van der Waals surface area contributed by atoms with E-state index in [1.54, 1.807) is 31.3 Å². The molecule has 0 fully saturated rings. The maximum Gasteiger partial charge on any atom is 0.264 e. The molecule has 6 heteroatoms. The molecular formula is C24H23N3O3. The zero-order chi connectivity index (χ0) is 21.1. The number of rotatable bonds is 6. The summed E-state index contributed by atoms with van der Waals surface area (Å²) in [5, 5.41) is 2.98. The van der Waals surface area contributed by atoms with Gasteiger partial charge in [-0.15, -0.1) is 0 Å². The number of fused-ring (bicyclic) bond motifs is 1. The average molecular weight is 401 g/mol. The van der Waals surface area contributed by atoms with Gasteiger partial charge in [-0.05, 0) is 48.2 Å². The molecule has 0 saturated carbocycles. The normalized spacial score (nSPS) is 17.1. The third-order valence-electron chi connectivity index (χ3n) is 5.33. The van der Waals surface area contributed by atoms with Crippen molar-refractivity contribution in [3.63, 3.8) is 0 Å². The Morgan fingerprint density at radius 1 is 1.13 bits per heavy atom. The van der Waals surface area contributed by atoms with Crippen LogP contribution in [0.25, 0.3) is 11.1 Å². The molecule has 152 valence electrons. The summed E-state index contributed by atoms with van der Waals surface area (Å²) >= 11 is 0. The quantitative estimate of drug-likeness (QED) is 0.664. The van der Waals surface area contributed by atoms with E-state index in [-0.39, 0.29) is 5.91 Å². The van der Waals surface area contributed by atoms with Gasteiger partial charge in [0.2, 0.25) is 11.8 Å². The van der Waals surface area contributed by atoms with E-state index >= 15 is 0 Å². The van der Waals surface area contributed by atoms with Crippen LogP contribution in [0.5, 0.6) is 5.88 Å². The Labute approximate surface area is 175 Å². The predicted molar refractivity (Wildman–Crippen MR) is 114 cm³/mol. The molecule has 30 heavy (non-hydrogen) atoms. The molecule has 2 amide bonds. The summed E-state index contributed by atoms with van der Waals surface area (Å²) in [6.07, 6.45) is 2.78. The van der Waals surface area contributed by atoms with E-state index < -0.39 is 11.5 Å². The topological polar surface area (TPSA) is 94.3 Å². The van der Waals surface area contributed by atoms with Gasteiger partial charge in [0.15, 0.2) is 5.60 Å². The van der Waals surface area contributed by atoms with Crippen LogP contribution < -0.4 is 15.8 Å². The molecule has 1 aliphatic rings. The minimum absolute atomic E-state index is 0.173. The van der Waals surface area contributed by atoms with Gasteiger partial charge in [-0.1, -0.05) is 42.5 Å². The number of hydrogen-bond acceptors (Lipinski definition) is 4. The number of nitrogens with two attached hydrogens (primary N) is 1. The molecule has 0 radical (unpaired) electrons. The maximum absolute atomic E-state index is 12.9. The number of pyridine rings is 1. The summed E-state index contributed by atoms with van der Waals surface area (Å²) in [6.45, 7) is 2.30. The van der Waals surface area contributed by atoms with Crippen molar-refractivity contribution in [2.75, 3.05) is 6.54 Å². The molecule has 3 aromatic rings. The van der Waals surface area contributed by atoms with Crippen LogP contribution in [0.15, 0.2) is 66.9 Å². The number of hydrogen-bond donors (Lipinski definition) is 2. The SMILES string of the molecule is CC1(C(=O)NCCc2ccccc2)Cc2c(-c3cccc(C(N)=O)c3)ccnc2O1. The van der Waals surface area contributed by atoms with Crippen molar-refractivity contribution >= 4 is 11.8 Å². The molecule has 2 heterocycles. The van der Waals surface area contributed by atoms with Gasteiger partial charge < -0.3 is 15.8 Å². The van der Waals surface area contributed by atoms with E-state index in [9.17, 15) is 9.59 Å². The summed E-state index contributed by atoms with van der Waals surface area (Å²) in [5.41, 5.74) is 8.53. The average Bonchev–Trinajstić information content (AvgIpc) is 3.12. The Bertz CT molecular complexity index is 1100. The number of benzene rings is 2. The van der Waals surface area contributed by atoms with Crippen molar-refractivity contribution in [2.24, 2.45) is 5.73 Å². The minimum atomic E-state index is -1.04. The van der Waals surface area contributed by atoms with Gasteiger partial charge in [-0.2, -0.15) is 0 Å². The zero-order valence-electron chi connectivity index (χ0n) is 16.7. The fraction of sp³-hybridized carbons (Fsp3) is 0.208. The fourth-order valence-electron chi connectivity index (χ4n) is 3.71. The van der Waals surface area contributed by atoms with Crippen LogP contribution in [0, 0.1) is 0 Å². The summed E-state index contributed by atoms with van der Waals surface area (Å²) in [5.74, 6) is -0.215. The van der Waals surface area contributed by atoms with Crippen LogP contribution in [-0.2, 0) is 17.6 Å². The number of carbonyl (C=O) groups is 2. The van der Waals surface area contributed by atoms with Gasteiger partial charge in [0, 0.05) is 30.3 Å². The lowest BCUT2D eigenvalue weighted by Gasteiger charge is -2.22. The Balaban J connectivity index is 1.51. The van der Waals surface area contributed by atoms with Crippen molar-refractivity contribution in [1.82, 2.24) is 10.3 Å². The largest absolute Gasteiger partial charge is 0.461 e. The third kappa shape index (κ3) is 3.89. The Hall–Kier alpha value is -3.67. The van der Waals surface area contributed by atoms with E-state index in [1.165, 1.54) is 0 Å². The molecule has 1 unspecified atom stereocenters. The van der Waals surface area contributed by atoms with Crippen LogP contribution in [0.4, 0.5) is 0 Å². The highest BCUT2D eigenvalue weighted by Crippen LogP contribution is 2.39. The smallest absolute Gasteiger partial charge is 0.264 e. The lowest BCUT2D eigenvalue weighted by Crippen LogP contribution is -2.48. The fourth-order valence-corrected chi connectivity index (χ4v) is 3.71. The Kier molecular flexibility index (Phi) is 5.23. The maximum atomic E-state index is 12.9. The summed E-state index contributed by atoms with van der Waals surface area (Å²) in [6, 6.07) is 19.0. The highest BCUT2D eigenvalue weighted by molar-refractivity contribution is 5.94. The highest BCUT2D eigenvalue weighted by Gasteiger charge is 2.43. The van der Waals surface area contributed by atoms with E-state index in [0.717, 1.165) is 28.7 Å². The molecular weight excluding hydrogens is 378 g/mol. The van der Waals surface area contributed by atoms with Gasteiger partial charge >= 0.3 is 0 Å². The van der Waals surface area contributed by atoms with Crippen LogP contribution in [0.2, 0.25) is 0 Å². The van der Waals surface area contributed by atoms with Crippen LogP contribution in [0.1, 0.15) is 28.4 Å². The molecule has 1 aliphatic heterocycles. The van der Waals surface area contributed by atoms with Crippen molar-refractivity contribution in [2.45, 2.75) is 25.4 Å². The van der Waals surface area contributed by atoms with Gasteiger partial charge in [-0.3, -0.25) is 9.59 Å². The Morgan fingerprint density at radius 2 is 1.93 bits per heavy atom. The number of primary amides is 1. The summed E-state index contributed by atoms with van der Waals surface area (Å²) in [4.78, 5) is 28.8. The minimum Gasteiger partial charge on any atom is -0.461 e. The molecule has 0 aliphatic carbocycles. The van der Waals surface area contributed by atoms with E-state index in [2.05, 4.69) is 10.3 Å². The summed E-state index contributed by atoms with van der Waals surface area (Å²) < 4.78 is 5.98. The molecule has 0 bridgehead atoms. The molecule has 1 aromatic heterocycles. The lowest BCUT2D eigenvalue weighted by molar-refractivity contribution is -0.134. The third-order valence-corrected chi connectivity index (χ3v) is 5.33. The molecule has 3 N–H and O–H groups in total. The molecule has 0 saturated heterocycles. The van der Waals surface area contributed by atoms with Crippen LogP contribution in [0.3, 0.4) is 0 Å². The van der Waals surface area contributed by atoms with Crippen LogP contribution >= 0.6 is 0 Å². The van der Waals surface area contributed by atoms with Gasteiger partial charge in [0.1, 0.15) is 0 Å². The molecule has 4 rings (SSSR count). The number of ether oxygens (including phenoxy) is 1. The van der Waals surface area contributed by atoms with E-state index in [1.807, 2.05) is 42.5 Å². The van der Waals surface area contributed by atoms with Crippen molar-refractivity contribution in [3.8, 4) is 17.0 Å².